The van der Waals surface area contributed by atoms with Crippen LogP contribution >= 0.6 is 0 Å². The molecule has 49 heavy (non-hydrogen) atoms. The average molecular weight is 701 g/mol. The fourth-order valence-electron chi connectivity index (χ4n) is 7.63. The van der Waals surface area contributed by atoms with Crippen molar-refractivity contribution >= 4 is 40.0 Å². The van der Waals surface area contributed by atoms with E-state index < -0.39 is 75.6 Å². The third-order valence-electron chi connectivity index (χ3n) is 9.49. The molecule has 7 atom stereocenters. The van der Waals surface area contributed by atoms with Crippen molar-refractivity contribution in [1.82, 2.24) is 14.6 Å². The monoisotopic (exact) mass is 700 g/mol. The zero-order valence-electron chi connectivity index (χ0n) is 28.6. The molecule has 2 aliphatic carbocycles. The van der Waals surface area contributed by atoms with Crippen LogP contribution in [0.4, 0.5) is 4.79 Å². The van der Waals surface area contributed by atoms with E-state index in [2.05, 4.69) is 14.8 Å². The Morgan fingerprint density at radius 2 is 1.86 bits per heavy atom. The predicted molar refractivity (Wildman–Crippen MR) is 177 cm³/mol. The summed E-state index contributed by atoms with van der Waals surface area (Å²) < 4.78 is 57.8. The van der Waals surface area contributed by atoms with Gasteiger partial charge in [0.2, 0.25) is 10.0 Å². The van der Waals surface area contributed by atoms with Crippen LogP contribution in [-0.4, -0.2) is 121 Å². The maximum atomic E-state index is 13.6. The number of ether oxygens (including phenoxy) is 5. The number of amides is 2. The normalized spacial score (nSPS) is 32.1. The molecule has 1 spiro atoms. The number of sulfonamides is 1. The van der Waals surface area contributed by atoms with Crippen LogP contribution in [0.5, 0.6) is 0 Å². The number of carbonyl (C=O) groups is 2. The summed E-state index contributed by atoms with van der Waals surface area (Å²) in [5.74, 6) is -0.931. The lowest BCUT2D eigenvalue weighted by atomic mass is 10.0. The zero-order chi connectivity index (χ0) is 34.9. The van der Waals surface area contributed by atoms with Crippen molar-refractivity contribution in [2.45, 2.75) is 126 Å². The van der Waals surface area contributed by atoms with Gasteiger partial charge in [0.1, 0.15) is 48.5 Å². The topological polar surface area (TPSA) is 170 Å². The Balaban J connectivity index is 1.11. The van der Waals surface area contributed by atoms with Crippen molar-refractivity contribution < 1.29 is 41.7 Å². The largest absolute Gasteiger partial charge is 0.443 e. The minimum Gasteiger partial charge on any atom is -0.443 e. The molecule has 4 fully saturated rings. The summed E-state index contributed by atoms with van der Waals surface area (Å²) in [6.45, 7) is 9.41. The summed E-state index contributed by atoms with van der Waals surface area (Å²) in [6, 6.07) is 8.72. The highest BCUT2D eigenvalue weighted by Gasteiger charge is 2.85. The Labute approximate surface area is 286 Å². The first-order valence-electron chi connectivity index (χ1n) is 16.8. The first-order valence-corrected chi connectivity index (χ1v) is 18.7. The van der Waals surface area contributed by atoms with Crippen molar-refractivity contribution in [1.29, 1.82) is 0 Å². The lowest BCUT2D eigenvalue weighted by Crippen LogP contribution is -2.56. The van der Waals surface area contributed by atoms with Crippen molar-refractivity contribution in [3.05, 3.63) is 35.9 Å². The molecular weight excluding hydrogens is 656 g/mol. The number of nitrogens with zero attached hydrogens (tertiary/aromatic N) is 5. The fourth-order valence-corrected chi connectivity index (χ4v) is 8.12. The number of benzene rings is 1. The van der Waals surface area contributed by atoms with Crippen LogP contribution < -0.4 is 4.72 Å². The Morgan fingerprint density at radius 1 is 1.14 bits per heavy atom. The number of carbonyl (C=O) groups excluding carboxylic acids is 2. The molecule has 1 aromatic carbocycles. The molecule has 4 aliphatic heterocycles. The van der Waals surface area contributed by atoms with E-state index >= 15 is 0 Å². The second-order valence-electron chi connectivity index (χ2n) is 14.9. The molecule has 1 aromatic rings. The highest BCUT2D eigenvalue weighted by atomic mass is 32.2. The van der Waals surface area contributed by atoms with E-state index in [0.717, 1.165) is 37.5 Å². The van der Waals surface area contributed by atoms with E-state index in [1.807, 2.05) is 65.0 Å². The summed E-state index contributed by atoms with van der Waals surface area (Å²) >= 11 is 0. The molecule has 3 unspecified atom stereocenters. The number of hydrogen-bond donors (Lipinski definition) is 1. The van der Waals surface area contributed by atoms with Crippen molar-refractivity contribution in [2.24, 2.45) is 15.1 Å². The lowest BCUT2D eigenvalue weighted by Gasteiger charge is -2.36. The van der Waals surface area contributed by atoms with Gasteiger partial charge in [-0.2, -0.15) is 5.10 Å². The van der Waals surface area contributed by atoms with E-state index in [1.165, 1.54) is 6.34 Å². The molecule has 266 valence electrons. The van der Waals surface area contributed by atoms with Crippen molar-refractivity contribution in [3.63, 3.8) is 0 Å². The second kappa shape index (κ2) is 12.1. The van der Waals surface area contributed by atoms with Gasteiger partial charge < -0.3 is 23.7 Å². The van der Waals surface area contributed by atoms with Gasteiger partial charge in [-0.25, -0.2) is 23.2 Å². The Bertz CT molecular complexity index is 1690. The van der Waals surface area contributed by atoms with E-state index in [9.17, 15) is 18.0 Å². The first-order chi connectivity index (χ1) is 23.1. The molecule has 0 aromatic heterocycles. The molecule has 2 saturated carbocycles. The minimum atomic E-state index is -3.84. The van der Waals surface area contributed by atoms with Crippen LogP contribution in [0.15, 0.2) is 45.4 Å². The summed E-state index contributed by atoms with van der Waals surface area (Å²) in [4.78, 5) is 37.8. The molecule has 2 saturated heterocycles. The average Bonchev–Trinajstić information content (AvgIpc) is 3.57. The third-order valence-corrected chi connectivity index (χ3v) is 10.1. The summed E-state index contributed by atoms with van der Waals surface area (Å²) in [5, 5.41) is 6.30. The number of amidine groups is 2. The van der Waals surface area contributed by atoms with Crippen molar-refractivity contribution in [2.75, 3.05) is 12.8 Å². The van der Waals surface area contributed by atoms with Crippen molar-refractivity contribution in [3.8, 4) is 0 Å². The Morgan fingerprint density at radius 3 is 2.53 bits per heavy atom. The maximum Gasteiger partial charge on any atom is 0.416 e. The van der Waals surface area contributed by atoms with Gasteiger partial charge in [-0.05, 0) is 53.0 Å². The number of hydrogen-bond acceptors (Lipinski definition) is 13. The second-order valence-corrected chi connectivity index (χ2v) is 16.7. The minimum absolute atomic E-state index is 0.0728. The SMILES string of the molecule is CC(C)(C)OC(=O)N(C1=NC=NN2C1=NCC2[C@@H]1O[C@@H]2C(OC(Cc3ccccc3)C(=O)NS(C)(=O)=O)[C@@]23OC(C)(C)O[C@@H]13)C1CCCC1. The predicted octanol–water partition coefficient (Wildman–Crippen LogP) is 2.35. The molecule has 0 radical (unpaired) electrons. The molecule has 4 heterocycles. The number of aliphatic imine (C=N–C) groups is 2. The number of nitrogens with one attached hydrogen (secondary N) is 1. The number of fused-ring (bicyclic) bond motifs is 1. The molecule has 0 bridgehead atoms. The Kier molecular flexibility index (Phi) is 8.41. The van der Waals surface area contributed by atoms with Gasteiger partial charge in [0, 0.05) is 12.5 Å². The smallest absolute Gasteiger partial charge is 0.416 e. The summed E-state index contributed by atoms with van der Waals surface area (Å²) in [5.41, 5.74) is -0.936. The van der Waals surface area contributed by atoms with E-state index in [-0.39, 0.29) is 12.5 Å². The summed E-state index contributed by atoms with van der Waals surface area (Å²) in [7, 11) is -3.84. The third kappa shape index (κ3) is 6.49. The maximum absolute atomic E-state index is 13.6. The number of rotatable bonds is 8. The molecular formula is C33H44N6O9S. The van der Waals surface area contributed by atoms with Crippen LogP contribution in [0.2, 0.25) is 0 Å². The molecule has 7 rings (SSSR count). The fraction of sp³-hybridized carbons (Fsp3) is 0.667. The van der Waals surface area contributed by atoms with Gasteiger partial charge in [0.25, 0.3) is 5.91 Å². The molecule has 15 nitrogen and oxygen atoms in total. The summed E-state index contributed by atoms with van der Waals surface area (Å²) in [6.07, 6.45) is 2.04. The standard InChI is InChI=1S/C33H44N6O9S/c1-31(2,3)47-30(41)38(20-14-10-11-15-20)27-28-34-17-21(39(28)36-18-35-27)23-24-33(48-32(4,5)46-24)25(26(33)45-23)44-22(29(40)37-49(6,42)43)16-19-12-8-7-9-13-19/h7-9,12-13,18,20-26H,10-11,14-17H2,1-6H3,(H,37,40)/t21?,22?,23-,24-,25?,26+,33+/m0/s1. The van der Waals surface area contributed by atoms with Gasteiger partial charge in [-0.1, -0.05) is 43.2 Å². The molecule has 2 amide bonds. The first kappa shape index (κ1) is 34.0. The van der Waals surface area contributed by atoms with Crippen LogP contribution in [0.25, 0.3) is 0 Å². The zero-order valence-corrected chi connectivity index (χ0v) is 29.4. The van der Waals surface area contributed by atoms with Gasteiger partial charge in [0.15, 0.2) is 23.1 Å². The number of hydrazone groups is 1. The van der Waals surface area contributed by atoms with Crippen LogP contribution in [0, 0.1) is 0 Å². The van der Waals surface area contributed by atoms with E-state index in [1.54, 1.807) is 9.91 Å². The molecule has 16 heteroatoms. The van der Waals surface area contributed by atoms with E-state index in [4.69, 9.17) is 28.7 Å². The Hall–Kier alpha value is -3.44. The van der Waals surface area contributed by atoms with Gasteiger partial charge in [0.05, 0.1) is 12.8 Å². The molecule has 6 aliphatic rings. The van der Waals surface area contributed by atoms with Crippen LogP contribution in [0.1, 0.15) is 65.9 Å². The van der Waals surface area contributed by atoms with Gasteiger partial charge in [-0.3, -0.25) is 19.4 Å². The van der Waals surface area contributed by atoms with E-state index in [0.29, 0.717) is 18.2 Å². The van der Waals surface area contributed by atoms with Gasteiger partial charge >= 0.3 is 6.09 Å². The molecule has 1 N–H and O–H groups in total. The highest BCUT2D eigenvalue weighted by Crippen LogP contribution is 2.63. The highest BCUT2D eigenvalue weighted by molar-refractivity contribution is 7.89. The lowest BCUT2D eigenvalue weighted by molar-refractivity contribution is -0.179. The van der Waals surface area contributed by atoms with Gasteiger partial charge in [-0.15, -0.1) is 0 Å². The van der Waals surface area contributed by atoms with Crippen LogP contribution in [0.3, 0.4) is 0 Å². The van der Waals surface area contributed by atoms with Crippen LogP contribution in [-0.2, 0) is 44.9 Å². The quantitative estimate of drug-likeness (QED) is 0.425.